The molecule has 2 heterocycles. The minimum absolute atomic E-state index is 0.263. The van der Waals surface area contributed by atoms with Crippen molar-refractivity contribution < 1.29 is 13.6 Å². The Morgan fingerprint density at radius 2 is 1.94 bits per heavy atom. The summed E-state index contributed by atoms with van der Waals surface area (Å²) < 4.78 is 28.6. The first-order valence-corrected chi connectivity index (χ1v) is 10.6. The average Bonchev–Trinajstić information content (AvgIpc) is 2.79. The van der Waals surface area contributed by atoms with Gasteiger partial charge in [0.15, 0.2) is 0 Å². The highest BCUT2D eigenvalue weighted by Crippen LogP contribution is 2.18. The maximum Gasteiger partial charge on any atom is 0.258 e. The van der Waals surface area contributed by atoms with E-state index < -0.39 is 17.5 Å². The molecule has 0 saturated carbocycles. The van der Waals surface area contributed by atoms with Gasteiger partial charge >= 0.3 is 0 Å². The van der Waals surface area contributed by atoms with Crippen LogP contribution in [0.3, 0.4) is 0 Å². The second kappa shape index (κ2) is 9.40. The first-order chi connectivity index (χ1) is 15.4. The summed E-state index contributed by atoms with van der Waals surface area (Å²) in [5, 5.41) is 2.35. The number of rotatable bonds is 6. The third kappa shape index (κ3) is 4.75. The number of benzene rings is 2. The van der Waals surface area contributed by atoms with Crippen molar-refractivity contribution in [3.8, 4) is 0 Å². The fraction of sp³-hybridized carbons (Fsp3) is 0.292. The van der Waals surface area contributed by atoms with Crippen molar-refractivity contribution in [2.24, 2.45) is 0 Å². The quantitative estimate of drug-likeness (QED) is 0.642. The highest BCUT2D eigenvalue weighted by molar-refractivity contribution is 5.90. The minimum atomic E-state index is -0.747. The molecule has 0 unspecified atom stereocenters. The molecule has 1 aliphatic rings. The standard InChI is InChI=1S/C24H24F2N4O2/c1-2-22-27-20-10-11-29(13-16-6-4-3-5-7-16)14-18(20)24(32)30(22)15-23(31)28-21-12-17(25)8-9-19(21)26/h3-9,12H,2,10-11,13-15H2,1H3,(H,28,31). The predicted octanol–water partition coefficient (Wildman–Crippen LogP) is 3.28. The van der Waals surface area contributed by atoms with E-state index in [-0.39, 0.29) is 17.8 Å². The molecule has 3 aromatic rings. The van der Waals surface area contributed by atoms with Gasteiger partial charge in [-0.3, -0.25) is 19.1 Å². The fourth-order valence-corrected chi connectivity index (χ4v) is 3.96. The lowest BCUT2D eigenvalue weighted by Gasteiger charge is -2.28. The second-order valence-electron chi connectivity index (χ2n) is 7.82. The Hall–Kier alpha value is -3.39. The maximum absolute atomic E-state index is 13.9. The van der Waals surface area contributed by atoms with Gasteiger partial charge in [0.25, 0.3) is 5.56 Å². The Bertz CT molecular complexity index is 1190. The van der Waals surface area contributed by atoms with Crippen molar-refractivity contribution in [2.75, 3.05) is 11.9 Å². The Balaban J connectivity index is 1.56. The number of nitrogens with zero attached hydrogens (tertiary/aromatic N) is 3. The van der Waals surface area contributed by atoms with Gasteiger partial charge in [-0.1, -0.05) is 37.3 Å². The number of carbonyl (C=O) groups excluding carboxylic acids is 1. The Morgan fingerprint density at radius 3 is 2.69 bits per heavy atom. The zero-order chi connectivity index (χ0) is 22.7. The zero-order valence-corrected chi connectivity index (χ0v) is 17.8. The number of aryl methyl sites for hydroxylation is 1. The molecule has 0 atom stereocenters. The number of hydrogen-bond donors (Lipinski definition) is 1. The molecule has 6 nitrogen and oxygen atoms in total. The maximum atomic E-state index is 13.9. The number of nitrogens with one attached hydrogen (secondary N) is 1. The van der Waals surface area contributed by atoms with E-state index in [1.807, 2.05) is 37.3 Å². The highest BCUT2D eigenvalue weighted by Gasteiger charge is 2.24. The summed E-state index contributed by atoms with van der Waals surface area (Å²) >= 11 is 0. The SMILES string of the molecule is CCc1nc2c(c(=O)n1CC(=O)Nc1cc(F)ccc1F)CN(Cc1ccccc1)CC2. The van der Waals surface area contributed by atoms with E-state index in [1.54, 1.807) is 0 Å². The van der Waals surface area contributed by atoms with Crippen LogP contribution in [0.15, 0.2) is 53.3 Å². The van der Waals surface area contributed by atoms with Crippen molar-refractivity contribution in [3.05, 3.63) is 93.2 Å². The number of carbonyl (C=O) groups is 1. The van der Waals surface area contributed by atoms with E-state index >= 15 is 0 Å². The summed E-state index contributed by atoms with van der Waals surface area (Å²) in [6.07, 6.45) is 1.13. The lowest BCUT2D eigenvalue weighted by Crippen LogP contribution is -2.40. The third-order valence-electron chi connectivity index (χ3n) is 5.54. The van der Waals surface area contributed by atoms with Crippen molar-refractivity contribution in [3.63, 3.8) is 0 Å². The molecule has 0 fully saturated rings. The first kappa shape index (κ1) is 21.8. The largest absolute Gasteiger partial charge is 0.322 e. The molecule has 0 radical (unpaired) electrons. The second-order valence-corrected chi connectivity index (χ2v) is 7.82. The molecule has 0 aliphatic carbocycles. The van der Waals surface area contributed by atoms with Crippen LogP contribution in [0.25, 0.3) is 0 Å². The van der Waals surface area contributed by atoms with Gasteiger partial charge in [0, 0.05) is 38.5 Å². The number of hydrogen-bond acceptors (Lipinski definition) is 4. The molecule has 8 heteroatoms. The summed E-state index contributed by atoms with van der Waals surface area (Å²) in [5.41, 5.74) is 1.98. The van der Waals surface area contributed by atoms with Crippen LogP contribution in [0.5, 0.6) is 0 Å². The molecular weight excluding hydrogens is 414 g/mol. The molecule has 1 aliphatic heterocycles. The van der Waals surface area contributed by atoms with Crippen LogP contribution < -0.4 is 10.9 Å². The van der Waals surface area contributed by atoms with E-state index in [2.05, 4.69) is 15.2 Å². The molecule has 4 rings (SSSR count). The summed E-state index contributed by atoms with van der Waals surface area (Å²) in [6, 6.07) is 12.8. The van der Waals surface area contributed by atoms with Crippen LogP contribution in [0.2, 0.25) is 0 Å². The van der Waals surface area contributed by atoms with Gasteiger partial charge in [-0.2, -0.15) is 0 Å². The van der Waals surface area contributed by atoms with Crippen molar-refractivity contribution >= 4 is 11.6 Å². The summed E-state index contributed by atoms with van der Waals surface area (Å²) in [6.45, 7) is 3.49. The van der Waals surface area contributed by atoms with E-state index in [0.717, 1.165) is 36.0 Å². The molecular formula is C24H24F2N4O2. The van der Waals surface area contributed by atoms with Gasteiger partial charge in [-0.25, -0.2) is 13.8 Å². The zero-order valence-electron chi connectivity index (χ0n) is 17.8. The highest BCUT2D eigenvalue weighted by atomic mass is 19.1. The summed E-state index contributed by atoms with van der Waals surface area (Å²) in [7, 11) is 0. The van der Waals surface area contributed by atoms with Crippen LogP contribution in [0.1, 0.15) is 29.6 Å². The number of aromatic nitrogens is 2. The molecule has 0 spiro atoms. The van der Waals surface area contributed by atoms with Crippen LogP contribution in [0.4, 0.5) is 14.5 Å². The third-order valence-corrected chi connectivity index (χ3v) is 5.54. The molecule has 0 bridgehead atoms. The van der Waals surface area contributed by atoms with Gasteiger partial charge in [-0.15, -0.1) is 0 Å². The first-order valence-electron chi connectivity index (χ1n) is 10.6. The monoisotopic (exact) mass is 438 g/mol. The van der Waals surface area contributed by atoms with Gasteiger partial charge in [0.2, 0.25) is 5.91 Å². The number of halogens is 2. The predicted molar refractivity (Wildman–Crippen MR) is 117 cm³/mol. The van der Waals surface area contributed by atoms with Crippen molar-refractivity contribution in [2.45, 2.75) is 39.4 Å². The molecule has 1 N–H and O–H groups in total. The Labute approximate surface area is 184 Å². The fourth-order valence-electron chi connectivity index (χ4n) is 3.96. The molecule has 32 heavy (non-hydrogen) atoms. The average molecular weight is 438 g/mol. The molecule has 2 aromatic carbocycles. The molecule has 0 saturated heterocycles. The van der Waals surface area contributed by atoms with Crippen LogP contribution in [-0.2, 0) is 37.3 Å². The molecule has 1 amide bonds. The Morgan fingerprint density at radius 1 is 1.16 bits per heavy atom. The van der Waals surface area contributed by atoms with E-state index in [4.69, 9.17) is 0 Å². The van der Waals surface area contributed by atoms with Crippen LogP contribution in [-0.4, -0.2) is 26.9 Å². The van der Waals surface area contributed by atoms with Gasteiger partial charge in [0.1, 0.15) is 24.0 Å². The van der Waals surface area contributed by atoms with E-state index in [0.29, 0.717) is 37.3 Å². The van der Waals surface area contributed by atoms with Crippen LogP contribution in [0, 0.1) is 11.6 Å². The van der Waals surface area contributed by atoms with Crippen molar-refractivity contribution in [1.29, 1.82) is 0 Å². The smallest absolute Gasteiger partial charge is 0.258 e. The molecule has 1 aromatic heterocycles. The molecule has 166 valence electrons. The van der Waals surface area contributed by atoms with E-state index in [9.17, 15) is 18.4 Å². The topological polar surface area (TPSA) is 67.2 Å². The normalized spacial score (nSPS) is 13.6. The van der Waals surface area contributed by atoms with Crippen molar-refractivity contribution in [1.82, 2.24) is 14.5 Å². The van der Waals surface area contributed by atoms with Gasteiger partial charge in [0.05, 0.1) is 16.9 Å². The lowest BCUT2D eigenvalue weighted by atomic mass is 10.1. The summed E-state index contributed by atoms with van der Waals surface area (Å²) in [4.78, 5) is 32.7. The number of amides is 1. The van der Waals surface area contributed by atoms with Gasteiger partial charge in [-0.05, 0) is 17.7 Å². The number of fused-ring (bicyclic) bond motifs is 1. The van der Waals surface area contributed by atoms with Gasteiger partial charge < -0.3 is 5.32 Å². The lowest BCUT2D eigenvalue weighted by molar-refractivity contribution is -0.116. The van der Waals surface area contributed by atoms with Crippen LogP contribution >= 0.6 is 0 Å². The number of anilines is 1. The van der Waals surface area contributed by atoms with E-state index in [1.165, 1.54) is 4.57 Å². The summed E-state index contributed by atoms with van der Waals surface area (Å²) in [5.74, 6) is -1.53. The Kier molecular flexibility index (Phi) is 6.41. The minimum Gasteiger partial charge on any atom is -0.322 e.